The molecule has 1 atom stereocenters. The smallest absolute Gasteiger partial charge is 0.247 e. The summed E-state index contributed by atoms with van der Waals surface area (Å²) in [5.41, 5.74) is 2.62. The molecule has 0 aliphatic carbocycles. The molecule has 1 aliphatic heterocycles. The zero-order valence-corrected chi connectivity index (χ0v) is 16.9. The molecule has 0 saturated heterocycles. The number of carbonyl (C=O) groups is 1. The Kier molecular flexibility index (Phi) is 5.19. The summed E-state index contributed by atoms with van der Waals surface area (Å²) in [4.78, 5) is 19.1. The molecule has 1 amide bonds. The van der Waals surface area contributed by atoms with E-state index in [4.69, 9.17) is 16.3 Å². The van der Waals surface area contributed by atoms with Crippen molar-refractivity contribution in [2.24, 2.45) is 0 Å². The van der Waals surface area contributed by atoms with Crippen molar-refractivity contribution in [1.82, 2.24) is 15.2 Å². The number of halogens is 1. The average Bonchev–Trinajstić information content (AvgIpc) is 2.87. The maximum atomic E-state index is 13.0. The number of amides is 1. The van der Waals surface area contributed by atoms with Gasteiger partial charge in [-0.25, -0.2) is 0 Å². The third kappa shape index (κ3) is 3.31. The van der Waals surface area contributed by atoms with Gasteiger partial charge in [-0.2, -0.15) is 4.98 Å². The van der Waals surface area contributed by atoms with E-state index in [0.717, 1.165) is 5.56 Å². The summed E-state index contributed by atoms with van der Waals surface area (Å²) in [5.74, 6) is 0.242. The SMILES string of the molecule is CCC(=O)N1c2ccc(Cl)cc2-c2nnc(SC)nc2O[C@H]1c1ccccc1. The van der Waals surface area contributed by atoms with Crippen LogP contribution in [0.3, 0.4) is 0 Å². The highest BCUT2D eigenvalue weighted by Gasteiger charge is 2.35. The minimum Gasteiger partial charge on any atom is -0.447 e. The van der Waals surface area contributed by atoms with Crippen molar-refractivity contribution in [2.45, 2.75) is 24.7 Å². The summed E-state index contributed by atoms with van der Waals surface area (Å²) in [6.07, 6.45) is 1.51. The van der Waals surface area contributed by atoms with Crippen molar-refractivity contribution < 1.29 is 9.53 Å². The number of anilines is 1. The minimum atomic E-state index is -0.679. The number of hydrogen-bond donors (Lipinski definition) is 0. The number of benzene rings is 2. The highest BCUT2D eigenvalue weighted by molar-refractivity contribution is 7.98. The van der Waals surface area contributed by atoms with Crippen LogP contribution in [0.15, 0.2) is 53.7 Å². The van der Waals surface area contributed by atoms with Crippen LogP contribution in [0.25, 0.3) is 11.3 Å². The van der Waals surface area contributed by atoms with Crippen molar-refractivity contribution in [1.29, 1.82) is 0 Å². The first-order chi connectivity index (χ1) is 13.6. The molecule has 6 nitrogen and oxygen atoms in total. The van der Waals surface area contributed by atoms with Gasteiger partial charge in [-0.15, -0.1) is 10.2 Å². The normalized spacial score (nSPS) is 15.2. The lowest BCUT2D eigenvalue weighted by molar-refractivity contribution is -0.120. The average molecular weight is 413 g/mol. The van der Waals surface area contributed by atoms with Gasteiger partial charge in [0.05, 0.1) is 5.69 Å². The van der Waals surface area contributed by atoms with Crippen molar-refractivity contribution in [3.8, 4) is 17.1 Å². The summed E-state index contributed by atoms with van der Waals surface area (Å²) in [6.45, 7) is 1.82. The number of aromatic nitrogens is 3. The van der Waals surface area contributed by atoms with Crippen molar-refractivity contribution >= 4 is 35.0 Å². The summed E-state index contributed by atoms with van der Waals surface area (Å²) >= 11 is 7.62. The van der Waals surface area contributed by atoms with Gasteiger partial charge in [-0.05, 0) is 24.5 Å². The highest BCUT2D eigenvalue weighted by atomic mass is 35.5. The van der Waals surface area contributed by atoms with Gasteiger partial charge >= 0.3 is 0 Å². The number of thioether (sulfide) groups is 1. The number of rotatable bonds is 3. The second-order valence-electron chi connectivity index (χ2n) is 6.11. The molecule has 0 radical (unpaired) electrons. The molecule has 0 spiro atoms. The van der Waals surface area contributed by atoms with E-state index in [1.165, 1.54) is 11.8 Å². The van der Waals surface area contributed by atoms with Crippen LogP contribution in [-0.2, 0) is 4.79 Å². The Hall–Kier alpha value is -2.64. The summed E-state index contributed by atoms with van der Waals surface area (Å²) < 4.78 is 6.28. The van der Waals surface area contributed by atoms with Crippen LogP contribution in [0.2, 0.25) is 5.02 Å². The van der Waals surface area contributed by atoms with E-state index in [0.29, 0.717) is 39.4 Å². The Morgan fingerprint density at radius 3 is 2.71 bits per heavy atom. The lowest BCUT2D eigenvalue weighted by atomic mass is 10.1. The van der Waals surface area contributed by atoms with Gasteiger partial charge in [-0.1, -0.05) is 60.6 Å². The number of ether oxygens (including phenoxy) is 1. The molecule has 0 unspecified atom stereocenters. The predicted molar refractivity (Wildman–Crippen MR) is 110 cm³/mol. The molecule has 0 saturated carbocycles. The topological polar surface area (TPSA) is 68.2 Å². The van der Waals surface area contributed by atoms with E-state index in [1.54, 1.807) is 17.0 Å². The Morgan fingerprint density at radius 1 is 1.21 bits per heavy atom. The predicted octanol–water partition coefficient (Wildman–Crippen LogP) is 4.75. The van der Waals surface area contributed by atoms with E-state index in [9.17, 15) is 4.79 Å². The van der Waals surface area contributed by atoms with Crippen molar-refractivity contribution in [2.75, 3.05) is 11.2 Å². The zero-order chi connectivity index (χ0) is 19.7. The first-order valence-corrected chi connectivity index (χ1v) is 10.3. The molecule has 0 fully saturated rings. The fourth-order valence-corrected chi connectivity index (χ4v) is 3.57. The quantitative estimate of drug-likeness (QED) is 0.578. The summed E-state index contributed by atoms with van der Waals surface area (Å²) in [7, 11) is 0. The Labute approximate surface area is 171 Å². The second-order valence-corrected chi connectivity index (χ2v) is 7.32. The molecule has 0 N–H and O–H groups in total. The molecule has 3 aromatic rings. The van der Waals surface area contributed by atoms with Crippen LogP contribution in [-0.4, -0.2) is 27.3 Å². The molecular weight excluding hydrogens is 396 g/mol. The van der Waals surface area contributed by atoms with Crippen LogP contribution in [0.5, 0.6) is 5.88 Å². The summed E-state index contributed by atoms with van der Waals surface area (Å²) in [5, 5.41) is 9.49. The van der Waals surface area contributed by atoms with Crippen molar-refractivity contribution in [3.05, 3.63) is 59.1 Å². The van der Waals surface area contributed by atoms with E-state index in [2.05, 4.69) is 15.2 Å². The molecule has 0 bridgehead atoms. The maximum absolute atomic E-state index is 13.0. The third-order valence-corrected chi connectivity index (χ3v) is 5.18. The Bertz CT molecular complexity index is 1030. The van der Waals surface area contributed by atoms with Gasteiger partial charge in [0.15, 0.2) is 5.69 Å². The lowest BCUT2D eigenvalue weighted by Crippen LogP contribution is -2.37. The number of hydrogen-bond acceptors (Lipinski definition) is 6. The van der Waals surface area contributed by atoms with Crippen LogP contribution in [0, 0.1) is 0 Å². The molecule has 4 rings (SSSR count). The summed E-state index contributed by atoms with van der Waals surface area (Å²) in [6, 6.07) is 14.9. The second kappa shape index (κ2) is 7.77. The van der Waals surface area contributed by atoms with Crippen LogP contribution < -0.4 is 9.64 Å². The van der Waals surface area contributed by atoms with Gasteiger partial charge in [0.2, 0.25) is 23.2 Å². The van der Waals surface area contributed by atoms with Crippen LogP contribution >= 0.6 is 23.4 Å². The Morgan fingerprint density at radius 2 is 2.00 bits per heavy atom. The van der Waals surface area contributed by atoms with Crippen LogP contribution in [0.1, 0.15) is 25.1 Å². The number of nitrogens with zero attached hydrogens (tertiary/aromatic N) is 4. The lowest BCUT2D eigenvalue weighted by Gasteiger charge is -2.30. The number of carbonyl (C=O) groups excluding carboxylic acids is 1. The largest absolute Gasteiger partial charge is 0.447 e. The van der Waals surface area contributed by atoms with Gasteiger partial charge in [0.1, 0.15) is 0 Å². The molecule has 2 heterocycles. The monoisotopic (exact) mass is 412 g/mol. The fraction of sp³-hybridized carbons (Fsp3) is 0.200. The molecule has 8 heteroatoms. The van der Waals surface area contributed by atoms with E-state index in [1.807, 2.05) is 49.6 Å². The standard InChI is InChI=1S/C20H17ClN4O2S/c1-3-16(26)25-15-10-9-13(21)11-14(15)17-18(22-20(28-2)24-23-17)27-19(25)12-7-5-4-6-8-12/h4-11,19H,3H2,1-2H3/t19-/m0/s1. The first kappa shape index (κ1) is 18.7. The molecule has 142 valence electrons. The Balaban J connectivity index is 2.00. The molecule has 1 aromatic heterocycles. The van der Waals surface area contributed by atoms with E-state index < -0.39 is 6.23 Å². The fourth-order valence-electron chi connectivity index (χ4n) is 3.10. The molecule has 1 aliphatic rings. The molecule has 28 heavy (non-hydrogen) atoms. The van der Waals surface area contributed by atoms with E-state index >= 15 is 0 Å². The number of fused-ring (bicyclic) bond motifs is 3. The van der Waals surface area contributed by atoms with Gasteiger partial charge in [-0.3, -0.25) is 9.69 Å². The van der Waals surface area contributed by atoms with Crippen molar-refractivity contribution in [3.63, 3.8) is 0 Å². The third-order valence-electron chi connectivity index (χ3n) is 4.40. The van der Waals surface area contributed by atoms with E-state index in [-0.39, 0.29) is 5.91 Å². The molecule has 2 aromatic carbocycles. The maximum Gasteiger partial charge on any atom is 0.247 e. The van der Waals surface area contributed by atoms with Gasteiger partial charge in [0.25, 0.3) is 0 Å². The first-order valence-electron chi connectivity index (χ1n) is 8.74. The van der Waals surface area contributed by atoms with Crippen LogP contribution in [0.4, 0.5) is 5.69 Å². The minimum absolute atomic E-state index is 0.0803. The highest BCUT2D eigenvalue weighted by Crippen LogP contribution is 2.44. The molecular formula is C20H17ClN4O2S. The zero-order valence-electron chi connectivity index (χ0n) is 15.3. The van der Waals surface area contributed by atoms with Gasteiger partial charge in [0, 0.05) is 22.6 Å². The van der Waals surface area contributed by atoms with Gasteiger partial charge < -0.3 is 4.74 Å².